The maximum absolute atomic E-state index is 13.7. The molecule has 0 saturated heterocycles. The molecule has 3 aromatic rings. The molecule has 184 valence electrons. The summed E-state index contributed by atoms with van der Waals surface area (Å²) in [4.78, 5) is 20.7. The van der Waals surface area contributed by atoms with Crippen LogP contribution >= 0.6 is 0 Å². The predicted molar refractivity (Wildman–Crippen MR) is 134 cm³/mol. The number of aromatic nitrogens is 2. The highest BCUT2D eigenvalue weighted by Gasteiger charge is 2.34. The van der Waals surface area contributed by atoms with Crippen molar-refractivity contribution >= 4 is 28.3 Å². The molecular formula is C27H31FN4O3. The quantitative estimate of drug-likeness (QED) is 0.235. The molecule has 0 fully saturated rings. The van der Waals surface area contributed by atoms with Crippen LogP contribution in [0.3, 0.4) is 0 Å². The van der Waals surface area contributed by atoms with Crippen LogP contribution in [0.2, 0.25) is 0 Å². The number of nitrogens with one attached hydrogen (secondary N) is 2. The maximum Gasteiger partial charge on any atom is 0.249 e. The Hall–Kier alpha value is -3.70. The van der Waals surface area contributed by atoms with Crippen molar-refractivity contribution in [2.75, 3.05) is 12.4 Å². The zero-order valence-corrected chi connectivity index (χ0v) is 20.9. The van der Waals surface area contributed by atoms with Crippen LogP contribution in [0.15, 0.2) is 36.7 Å². The molecular weight excluding hydrogens is 447 g/mol. The summed E-state index contributed by atoms with van der Waals surface area (Å²) >= 11 is 0. The van der Waals surface area contributed by atoms with Crippen LogP contribution < -0.4 is 15.5 Å². The summed E-state index contributed by atoms with van der Waals surface area (Å²) < 4.78 is 19.2. The molecule has 35 heavy (non-hydrogen) atoms. The number of carbonyl (C=O) groups excluding carboxylic acids is 1. The molecule has 0 atom stereocenters. The normalized spacial score (nSPS) is 11.5. The number of anilines is 2. The van der Waals surface area contributed by atoms with Crippen molar-refractivity contribution in [2.24, 2.45) is 10.8 Å². The highest BCUT2D eigenvalue weighted by Crippen LogP contribution is 2.36. The molecule has 1 aromatic heterocycles. The first kappa shape index (κ1) is 25.9. The number of hydrogen-bond donors (Lipinski definition) is 3. The topological polar surface area (TPSA) is 96.4 Å². The molecule has 3 rings (SSSR count). The van der Waals surface area contributed by atoms with Gasteiger partial charge in [0.15, 0.2) is 0 Å². The highest BCUT2D eigenvalue weighted by molar-refractivity contribution is 5.93. The molecule has 8 heteroatoms. The third kappa shape index (κ3) is 6.25. The summed E-state index contributed by atoms with van der Waals surface area (Å²) in [6.07, 6.45) is 2.52. The Kier molecular flexibility index (Phi) is 7.61. The Morgan fingerprint density at radius 3 is 2.57 bits per heavy atom. The molecule has 3 N–H and O–H groups in total. The molecule has 2 aromatic carbocycles. The number of nitrogens with zero attached hydrogens (tertiary/aromatic N) is 2. The number of methoxy groups -OCH3 is 1. The minimum absolute atomic E-state index is 0.270. The van der Waals surface area contributed by atoms with Crippen LogP contribution in [-0.4, -0.2) is 28.2 Å². The number of carbonyl (C=O) groups is 1. The van der Waals surface area contributed by atoms with Gasteiger partial charge in [-0.1, -0.05) is 39.5 Å². The Balaban J connectivity index is 1.91. The standard InChI is InChI=1S/C27H31FN4O3/c1-17-12-19(9-10-21(17)28)31-24-20-13-18(23(35-6)14-22(20)29-16-30-24)8-7-11-26(2,3)15-27(4,5)25(33)32-34/h9-10,12-14,16,34H,11,15H2,1-6H3,(H,32,33)(H,29,30,31). The Morgan fingerprint density at radius 2 is 1.91 bits per heavy atom. The summed E-state index contributed by atoms with van der Waals surface area (Å²) in [5.74, 6) is 6.87. The van der Waals surface area contributed by atoms with Gasteiger partial charge in [0.05, 0.1) is 18.2 Å². The van der Waals surface area contributed by atoms with E-state index in [0.717, 1.165) is 5.39 Å². The second-order valence-corrected chi connectivity index (χ2v) is 10.0. The minimum Gasteiger partial charge on any atom is -0.495 e. The number of aryl methyl sites for hydroxylation is 1. The van der Waals surface area contributed by atoms with Gasteiger partial charge in [-0.15, -0.1) is 0 Å². The van der Waals surface area contributed by atoms with Crippen LogP contribution in [0.25, 0.3) is 10.9 Å². The second-order valence-electron chi connectivity index (χ2n) is 10.0. The van der Waals surface area contributed by atoms with Gasteiger partial charge in [-0.2, -0.15) is 0 Å². The summed E-state index contributed by atoms with van der Waals surface area (Å²) in [6.45, 7) is 9.35. The molecule has 0 spiro atoms. The van der Waals surface area contributed by atoms with Gasteiger partial charge >= 0.3 is 0 Å². The van der Waals surface area contributed by atoms with Gasteiger partial charge in [-0.3, -0.25) is 10.0 Å². The predicted octanol–water partition coefficient (Wildman–Crippen LogP) is 5.52. The van der Waals surface area contributed by atoms with E-state index in [9.17, 15) is 9.18 Å². The highest BCUT2D eigenvalue weighted by atomic mass is 19.1. The second kappa shape index (κ2) is 10.3. The van der Waals surface area contributed by atoms with Gasteiger partial charge in [0, 0.05) is 29.0 Å². The van der Waals surface area contributed by atoms with E-state index in [-0.39, 0.29) is 11.2 Å². The molecule has 0 saturated carbocycles. The molecule has 0 bridgehead atoms. The van der Waals surface area contributed by atoms with Crippen molar-refractivity contribution in [3.8, 4) is 17.6 Å². The molecule has 7 nitrogen and oxygen atoms in total. The van der Waals surface area contributed by atoms with E-state index in [2.05, 4.69) is 27.1 Å². The number of hydroxylamine groups is 1. The van der Waals surface area contributed by atoms with E-state index in [1.807, 2.05) is 26.0 Å². The lowest BCUT2D eigenvalue weighted by Gasteiger charge is -2.32. The van der Waals surface area contributed by atoms with Crippen molar-refractivity contribution < 1.29 is 19.1 Å². The van der Waals surface area contributed by atoms with Crippen LogP contribution in [0.5, 0.6) is 5.75 Å². The summed E-state index contributed by atoms with van der Waals surface area (Å²) in [5, 5.41) is 13.0. The Bertz CT molecular complexity index is 1310. The first-order valence-corrected chi connectivity index (χ1v) is 11.2. The number of fused-ring (bicyclic) bond motifs is 1. The fraction of sp³-hybridized carbons (Fsp3) is 0.370. The van der Waals surface area contributed by atoms with E-state index in [0.29, 0.717) is 46.7 Å². The van der Waals surface area contributed by atoms with E-state index in [4.69, 9.17) is 9.94 Å². The molecule has 0 aliphatic carbocycles. The number of rotatable bonds is 7. The largest absolute Gasteiger partial charge is 0.495 e. The molecule has 0 aliphatic rings. The summed E-state index contributed by atoms with van der Waals surface area (Å²) in [6, 6.07) is 8.46. The fourth-order valence-corrected chi connectivity index (χ4v) is 4.18. The van der Waals surface area contributed by atoms with Crippen molar-refractivity contribution in [3.05, 3.63) is 53.6 Å². The zero-order valence-electron chi connectivity index (χ0n) is 20.9. The van der Waals surface area contributed by atoms with Crippen molar-refractivity contribution in [1.82, 2.24) is 15.4 Å². The van der Waals surface area contributed by atoms with Gasteiger partial charge in [0.1, 0.15) is 23.7 Å². The smallest absolute Gasteiger partial charge is 0.249 e. The van der Waals surface area contributed by atoms with Gasteiger partial charge in [0.25, 0.3) is 0 Å². The van der Waals surface area contributed by atoms with Crippen molar-refractivity contribution in [2.45, 2.75) is 47.5 Å². The van der Waals surface area contributed by atoms with Crippen molar-refractivity contribution in [1.29, 1.82) is 0 Å². The van der Waals surface area contributed by atoms with E-state index >= 15 is 0 Å². The van der Waals surface area contributed by atoms with Gasteiger partial charge in [0.2, 0.25) is 5.91 Å². The first-order valence-electron chi connectivity index (χ1n) is 11.2. The molecule has 0 unspecified atom stereocenters. The van der Waals surface area contributed by atoms with Crippen LogP contribution in [0, 0.1) is 35.4 Å². The molecule has 0 radical (unpaired) electrons. The fourth-order valence-electron chi connectivity index (χ4n) is 4.18. The van der Waals surface area contributed by atoms with E-state index < -0.39 is 11.3 Å². The average Bonchev–Trinajstić information content (AvgIpc) is 2.80. The van der Waals surface area contributed by atoms with Gasteiger partial charge < -0.3 is 10.1 Å². The maximum atomic E-state index is 13.7. The van der Waals surface area contributed by atoms with Crippen LogP contribution in [0.1, 0.15) is 51.7 Å². The number of ether oxygens (including phenoxy) is 1. The third-order valence-electron chi connectivity index (χ3n) is 5.80. The third-order valence-corrected chi connectivity index (χ3v) is 5.80. The SMILES string of the molecule is COc1cc2ncnc(Nc3ccc(F)c(C)c3)c2cc1C#CCC(C)(C)CC(C)(C)C(=O)NO. The van der Waals surface area contributed by atoms with E-state index in [1.165, 1.54) is 12.4 Å². The van der Waals surface area contributed by atoms with Crippen LogP contribution in [-0.2, 0) is 4.79 Å². The number of hydrogen-bond acceptors (Lipinski definition) is 6. The summed E-state index contributed by atoms with van der Waals surface area (Å²) in [5.41, 5.74) is 3.33. The van der Waals surface area contributed by atoms with Crippen molar-refractivity contribution in [3.63, 3.8) is 0 Å². The Labute approximate surface area is 205 Å². The zero-order chi connectivity index (χ0) is 25.8. The van der Waals surface area contributed by atoms with Gasteiger partial charge in [-0.25, -0.2) is 19.8 Å². The minimum atomic E-state index is -0.739. The number of amides is 1. The van der Waals surface area contributed by atoms with E-state index in [1.54, 1.807) is 45.5 Å². The Morgan fingerprint density at radius 1 is 1.17 bits per heavy atom. The lowest BCUT2D eigenvalue weighted by Crippen LogP contribution is -2.38. The average molecular weight is 479 g/mol. The summed E-state index contributed by atoms with van der Waals surface area (Å²) in [7, 11) is 1.58. The lowest BCUT2D eigenvalue weighted by atomic mass is 9.73. The lowest BCUT2D eigenvalue weighted by molar-refractivity contribution is -0.139. The van der Waals surface area contributed by atoms with Gasteiger partial charge in [-0.05, 0) is 48.6 Å². The first-order chi connectivity index (χ1) is 16.5. The monoisotopic (exact) mass is 478 g/mol. The molecule has 0 aliphatic heterocycles. The molecule has 1 heterocycles. The number of benzene rings is 2. The van der Waals surface area contributed by atoms with Crippen LogP contribution in [0.4, 0.5) is 15.9 Å². The number of halogens is 1. The molecule has 1 amide bonds.